The summed E-state index contributed by atoms with van der Waals surface area (Å²) < 4.78 is 26.8. The molecule has 3 N–H and O–H groups in total. The number of nitrogens with two attached hydrogens (primary N) is 1. The van der Waals surface area contributed by atoms with Crippen LogP contribution < -0.4 is 10.5 Å². The van der Waals surface area contributed by atoms with E-state index in [1.807, 2.05) is 0 Å². The number of sulfonamides is 1. The number of thiophene rings is 1. The van der Waals surface area contributed by atoms with Gasteiger partial charge in [0.25, 0.3) is 10.0 Å². The predicted octanol–water partition coefficient (Wildman–Crippen LogP) is 1.07. The van der Waals surface area contributed by atoms with Gasteiger partial charge in [-0.1, -0.05) is 0 Å². The number of hydrogen-bond acceptors (Lipinski definition) is 4. The predicted molar refractivity (Wildman–Crippen MR) is 62.5 cm³/mol. The fraction of sp³-hybridized carbons (Fsp3) is 0.556. The molecule has 0 amide bonds. The summed E-state index contributed by atoms with van der Waals surface area (Å²) >= 11 is 1.22. The van der Waals surface area contributed by atoms with Crippen molar-refractivity contribution in [3.8, 4) is 0 Å². The second-order valence-corrected chi connectivity index (χ2v) is 6.88. The van der Waals surface area contributed by atoms with Gasteiger partial charge in [0.2, 0.25) is 0 Å². The van der Waals surface area contributed by atoms with E-state index in [-0.39, 0.29) is 6.54 Å². The summed E-state index contributed by atoms with van der Waals surface area (Å²) in [5.41, 5.74) is 5.63. The Kier molecular flexibility index (Phi) is 3.55. The van der Waals surface area contributed by atoms with Crippen LogP contribution in [0.4, 0.5) is 0 Å². The first kappa shape index (κ1) is 12.6. The van der Waals surface area contributed by atoms with E-state index in [2.05, 4.69) is 4.72 Å². The average Bonchev–Trinajstić information content (AvgIpc) is 2.50. The minimum Gasteiger partial charge on any atom is -0.329 e. The maximum Gasteiger partial charge on any atom is 0.250 e. The minimum atomic E-state index is -3.43. The molecular weight excluding hydrogens is 232 g/mol. The second kappa shape index (κ2) is 4.21. The average molecular weight is 248 g/mol. The molecule has 0 atom stereocenters. The number of nitrogens with one attached hydrogen (secondary N) is 1. The molecule has 0 fully saturated rings. The van der Waals surface area contributed by atoms with Crippen LogP contribution in [0.3, 0.4) is 0 Å². The van der Waals surface area contributed by atoms with Crippen molar-refractivity contribution in [3.05, 3.63) is 17.0 Å². The van der Waals surface area contributed by atoms with Crippen LogP contribution in [-0.4, -0.2) is 20.5 Å². The van der Waals surface area contributed by atoms with Crippen molar-refractivity contribution >= 4 is 21.4 Å². The van der Waals surface area contributed by atoms with Crippen LogP contribution in [0, 0.1) is 6.92 Å². The summed E-state index contributed by atoms with van der Waals surface area (Å²) in [5.74, 6) is 0. The molecule has 0 aliphatic heterocycles. The fourth-order valence-electron chi connectivity index (χ4n) is 1.09. The van der Waals surface area contributed by atoms with Crippen LogP contribution in [0.2, 0.25) is 0 Å². The molecule has 1 aromatic rings. The Morgan fingerprint density at radius 1 is 1.53 bits per heavy atom. The van der Waals surface area contributed by atoms with Gasteiger partial charge in [0.15, 0.2) is 0 Å². The first-order valence-electron chi connectivity index (χ1n) is 4.57. The Morgan fingerprint density at radius 3 is 2.53 bits per heavy atom. The molecule has 15 heavy (non-hydrogen) atoms. The molecule has 0 saturated carbocycles. The van der Waals surface area contributed by atoms with Crippen molar-refractivity contribution < 1.29 is 8.42 Å². The Morgan fingerprint density at radius 2 is 2.13 bits per heavy atom. The van der Waals surface area contributed by atoms with Crippen LogP contribution in [0.25, 0.3) is 0 Å². The quantitative estimate of drug-likeness (QED) is 0.837. The first-order valence-corrected chi connectivity index (χ1v) is 6.93. The molecule has 0 aromatic carbocycles. The highest BCUT2D eigenvalue weighted by Crippen LogP contribution is 2.22. The SMILES string of the molecule is Cc1ccsc1S(=O)(=O)NC(C)(C)CN. The Hall–Kier alpha value is -0.430. The van der Waals surface area contributed by atoms with Gasteiger partial charge in [0.1, 0.15) is 4.21 Å². The van der Waals surface area contributed by atoms with E-state index in [4.69, 9.17) is 5.73 Å². The third-order valence-corrected chi connectivity index (χ3v) is 5.37. The molecule has 1 rings (SSSR count). The monoisotopic (exact) mass is 248 g/mol. The van der Waals surface area contributed by atoms with Crippen LogP contribution in [0.15, 0.2) is 15.7 Å². The molecule has 0 bridgehead atoms. The molecule has 0 radical (unpaired) electrons. The molecule has 0 aliphatic rings. The Labute approximate surface area is 94.5 Å². The number of rotatable bonds is 4. The molecule has 1 aromatic heterocycles. The summed E-state index contributed by atoms with van der Waals surface area (Å²) in [6.07, 6.45) is 0. The zero-order chi connectivity index (χ0) is 11.7. The highest BCUT2D eigenvalue weighted by atomic mass is 32.2. The topological polar surface area (TPSA) is 72.2 Å². The lowest BCUT2D eigenvalue weighted by atomic mass is 10.1. The van der Waals surface area contributed by atoms with Crippen LogP contribution in [0.5, 0.6) is 0 Å². The van der Waals surface area contributed by atoms with Crippen LogP contribution in [0.1, 0.15) is 19.4 Å². The molecule has 4 nitrogen and oxygen atoms in total. The van der Waals surface area contributed by atoms with Crippen LogP contribution >= 0.6 is 11.3 Å². The zero-order valence-electron chi connectivity index (χ0n) is 9.07. The first-order chi connectivity index (χ1) is 6.78. The van der Waals surface area contributed by atoms with Crippen molar-refractivity contribution in [2.45, 2.75) is 30.5 Å². The van der Waals surface area contributed by atoms with Gasteiger partial charge < -0.3 is 5.73 Å². The lowest BCUT2D eigenvalue weighted by Crippen LogP contribution is -2.48. The van der Waals surface area contributed by atoms with Gasteiger partial charge >= 0.3 is 0 Å². The van der Waals surface area contributed by atoms with Crippen LogP contribution in [-0.2, 0) is 10.0 Å². The summed E-state index contributed by atoms with van der Waals surface area (Å²) in [4.78, 5) is 0. The highest BCUT2D eigenvalue weighted by Gasteiger charge is 2.26. The standard InChI is InChI=1S/C9H16N2O2S2/c1-7-4-5-14-8(7)15(12,13)11-9(2,3)6-10/h4-5,11H,6,10H2,1-3H3. The largest absolute Gasteiger partial charge is 0.329 e. The lowest BCUT2D eigenvalue weighted by Gasteiger charge is -2.23. The van der Waals surface area contributed by atoms with E-state index in [1.165, 1.54) is 11.3 Å². The normalized spacial score (nSPS) is 13.1. The molecule has 0 unspecified atom stereocenters. The van der Waals surface area contributed by atoms with Crippen molar-refractivity contribution in [3.63, 3.8) is 0 Å². The number of hydrogen-bond donors (Lipinski definition) is 2. The van der Waals surface area contributed by atoms with Gasteiger partial charge in [-0.25, -0.2) is 13.1 Å². The van der Waals surface area contributed by atoms with E-state index in [1.54, 1.807) is 32.2 Å². The van der Waals surface area contributed by atoms with Gasteiger partial charge in [-0.05, 0) is 37.8 Å². The Bertz CT molecular complexity index is 435. The third-order valence-electron chi connectivity index (χ3n) is 1.98. The highest BCUT2D eigenvalue weighted by molar-refractivity contribution is 7.91. The van der Waals surface area contributed by atoms with Crippen molar-refractivity contribution in [1.29, 1.82) is 0 Å². The molecular formula is C9H16N2O2S2. The second-order valence-electron chi connectivity index (χ2n) is 4.08. The maximum atomic E-state index is 11.9. The molecule has 6 heteroatoms. The van der Waals surface area contributed by atoms with Gasteiger partial charge in [0.05, 0.1) is 0 Å². The molecule has 86 valence electrons. The van der Waals surface area contributed by atoms with E-state index in [9.17, 15) is 8.42 Å². The lowest BCUT2D eigenvalue weighted by molar-refractivity contribution is 0.463. The zero-order valence-corrected chi connectivity index (χ0v) is 10.7. The van der Waals surface area contributed by atoms with Gasteiger partial charge in [-0.2, -0.15) is 0 Å². The summed E-state index contributed by atoms with van der Waals surface area (Å²) in [7, 11) is -3.43. The summed E-state index contributed by atoms with van der Waals surface area (Å²) in [6, 6.07) is 1.79. The van der Waals surface area contributed by atoms with Gasteiger partial charge in [-0.15, -0.1) is 11.3 Å². The van der Waals surface area contributed by atoms with E-state index in [0.717, 1.165) is 5.56 Å². The maximum absolute atomic E-state index is 11.9. The summed E-state index contributed by atoms with van der Waals surface area (Å²) in [5, 5.41) is 1.76. The van der Waals surface area contributed by atoms with E-state index >= 15 is 0 Å². The minimum absolute atomic E-state index is 0.261. The third kappa shape index (κ3) is 3.01. The van der Waals surface area contributed by atoms with E-state index in [0.29, 0.717) is 4.21 Å². The van der Waals surface area contributed by atoms with Crippen molar-refractivity contribution in [2.24, 2.45) is 5.73 Å². The smallest absolute Gasteiger partial charge is 0.250 e. The van der Waals surface area contributed by atoms with Gasteiger partial charge in [0, 0.05) is 12.1 Å². The Balaban J connectivity index is 3.01. The molecule has 0 saturated heterocycles. The molecule has 0 aliphatic carbocycles. The molecule has 0 spiro atoms. The van der Waals surface area contributed by atoms with Crippen molar-refractivity contribution in [1.82, 2.24) is 4.72 Å². The molecule has 1 heterocycles. The van der Waals surface area contributed by atoms with E-state index < -0.39 is 15.6 Å². The fourth-order valence-corrected chi connectivity index (χ4v) is 3.93. The number of aryl methyl sites for hydroxylation is 1. The summed E-state index contributed by atoms with van der Waals surface area (Å²) in [6.45, 7) is 5.55. The van der Waals surface area contributed by atoms with Gasteiger partial charge in [-0.3, -0.25) is 0 Å². The van der Waals surface area contributed by atoms with Crippen molar-refractivity contribution in [2.75, 3.05) is 6.54 Å².